The largest absolute Gasteiger partial charge is 0.310 e. The molecule has 1 aromatic rings. The van der Waals surface area contributed by atoms with E-state index in [4.69, 9.17) is 0 Å². The number of rotatable bonds is 3. The van der Waals surface area contributed by atoms with Crippen molar-refractivity contribution in [2.45, 2.75) is 51.1 Å². The molecule has 0 saturated heterocycles. The van der Waals surface area contributed by atoms with E-state index in [-0.39, 0.29) is 0 Å². The van der Waals surface area contributed by atoms with Crippen LogP contribution in [0.1, 0.15) is 44.1 Å². The predicted molar refractivity (Wildman–Crippen MR) is 80.2 cm³/mol. The average molecular weight is 361 g/mol. The van der Waals surface area contributed by atoms with E-state index in [0.29, 0.717) is 6.04 Å². The Morgan fingerprint density at radius 3 is 2.41 bits per heavy atom. The van der Waals surface area contributed by atoms with Gasteiger partial charge in [0.25, 0.3) is 0 Å². The second-order valence-electron chi connectivity index (χ2n) is 4.81. The van der Waals surface area contributed by atoms with Gasteiger partial charge in [-0.15, -0.1) is 0 Å². The number of benzene rings is 1. The molecule has 3 heteroatoms. The van der Waals surface area contributed by atoms with Gasteiger partial charge in [0.05, 0.1) is 0 Å². The molecule has 1 aliphatic carbocycles. The Hall–Kier alpha value is 0.140. The molecular weight excluding hydrogens is 342 g/mol. The number of halogens is 2. The van der Waals surface area contributed by atoms with Crippen LogP contribution in [0.25, 0.3) is 0 Å². The van der Waals surface area contributed by atoms with Crippen molar-refractivity contribution in [3.05, 3.63) is 32.7 Å². The molecule has 17 heavy (non-hydrogen) atoms. The van der Waals surface area contributed by atoms with Gasteiger partial charge in [0, 0.05) is 21.5 Å². The van der Waals surface area contributed by atoms with Crippen LogP contribution in [0, 0.1) is 0 Å². The van der Waals surface area contributed by atoms with Crippen LogP contribution in [0.15, 0.2) is 27.1 Å². The third-order valence-electron chi connectivity index (χ3n) is 3.45. The second-order valence-corrected chi connectivity index (χ2v) is 6.58. The smallest absolute Gasteiger partial charge is 0.0231 e. The first-order valence-corrected chi connectivity index (χ1v) is 8.01. The fraction of sp³-hybridized carbons (Fsp3) is 0.571. The first-order valence-electron chi connectivity index (χ1n) is 6.43. The standard InChI is InChI=1S/C14H19Br2N/c15-12-8-7-11(14(16)9-12)10-17-13-5-3-1-2-4-6-13/h7-9,13,17H,1-6,10H2. The third-order valence-corrected chi connectivity index (χ3v) is 4.68. The fourth-order valence-corrected chi connectivity index (χ4v) is 3.59. The van der Waals surface area contributed by atoms with E-state index < -0.39 is 0 Å². The molecule has 0 spiro atoms. The number of hydrogen-bond acceptors (Lipinski definition) is 1. The summed E-state index contributed by atoms with van der Waals surface area (Å²) in [4.78, 5) is 0. The number of hydrogen-bond donors (Lipinski definition) is 1. The Labute approximate surface area is 121 Å². The minimum atomic E-state index is 0.716. The zero-order chi connectivity index (χ0) is 12.1. The van der Waals surface area contributed by atoms with Crippen molar-refractivity contribution in [1.29, 1.82) is 0 Å². The molecule has 0 bridgehead atoms. The van der Waals surface area contributed by atoms with Gasteiger partial charge in [-0.3, -0.25) is 0 Å². The molecule has 1 saturated carbocycles. The molecule has 0 unspecified atom stereocenters. The lowest BCUT2D eigenvalue weighted by molar-refractivity contribution is 0.459. The third kappa shape index (κ3) is 4.38. The maximum absolute atomic E-state index is 3.69. The normalized spacial score (nSPS) is 18.0. The zero-order valence-corrected chi connectivity index (χ0v) is 13.2. The summed E-state index contributed by atoms with van der Waals surface area (Å²) >= 11 is 7.10. The summed E-state index contributed by atoms with van der Waals surface area (Å²) < 4.78 is 2.32. The maximum Gasteiger partial charge on any atom is 0.0231 e. The van der Waals surface area contributed by atoms with Gasteiger partial charge in [0.2, 0.25) is 0 Å². The Balaban J connectivity index is 1.88. The lowest BCUT2D eigenvalue weighted by atomic mass is 10.1. The molecule has 1 aliphatic rings. The van der Waals surface area contributed by atoms with Gasteiger partial charge in [-0.05, 0) is 30.5 Å². The summed E-state index contributed by atoms with van der Waals surface area (Å²) in [5, 5.41) is 3.69. The van der Waals surface area contributed by atoms with Crippen LogP contribution in [0.4, 0.5) is 0 Å². The van der Waals surface area contributed by atoms with Crippen LogP contribution in [-0.2, 0) is 6.54 Å². The van der Waals surface area contributed by atoms with Gasteiger partial charge in [0.1, 0.15) is 0 Å². The molecular formula is C14H19Br2N. The van der Waals surface area contributed by atoms with E-state index in [1.807, 2.05) is 0 Å². The van der Waals surface area contributed by atoms with Crippen molar-refractivity contribution in [2.24, 2.45) is 0 Å². The molecule has 2 rings (SSSR count). The molecule has 1 aromatic carbocycles. The molecule has 1 N–H and O–H groups in total. The first-order chi connectivity index (χ1) is 8.25. The highest BCUT2D eigenvalue weighted by atomic mass is 79.9. The van der Waals surface area contributed by atoms with Crippen molar-refractivity contribution in [3.8, 4) is 0 Å². The summed E-state index contributed by atoms with van der Waals surface area (Å²) in [6.45, 7) is 0.971. The van der Waals surface area contributed by atoms with Crippen LogP contribution < -0.4 is 5.32 Å². The summed E-state index contributed by atoms with van der Waals surface area (Å²) in [7, 11) is 0. The van der Waals surface area contributed by atoms with E-state index >= 15 is 0 Å². The van der Waals surface area contributed by atoms with Crippen LogP contribution in [-0.4, -0.2) is 6.04 Å². The van der Waals surface area contributed by atoms with Crippen molar-refractivity contribution in [2.75, 3.05) is 0 Å². The van der Waals surface area contributed by atoms with Crippen molar-refractivity contribution in [3.63, 3.8) is 0 Å². The predicted octanol–water partition coefficient (Wildman–Crippen LogP) is 5.02. The van der Waals surface area contributed by atoms with Gasteiger partial charge in [-0.1, -0.05) is 63.6 Å². The van der Waals surface area contributed by atoms with Gasteiger partial charge in [-0.25, -0.2) is 0 Å². The molecule has 0 amide bonds. The summed E-state index contributed by atoms with van der Waals surface area (Å²) in [5.41, 5.74) is 1.34. The molecule has 0 heterocycles. The minimum Gasteiger partial charge on any atom is -0.310 e. The molecule has 0 atom stereocenters. The topological polar surface area (TPSA) is 12.0 Å². The second kappa shape index (κ2) is 6.91. The maximum atomic E-state index is 3.69. The highest BCUT2D eigenvalue weighted by molar-refractivity contribution is 9.11. The Kier molecular flexibility index (Phi) is 5.51. The molecule has 0 aromatic heterocycles. The Bertz CT molecular complexity index is 357. The molecule has 0 aliphatic heterocycles. The number of nitrogens with one attached hydrogen (secondary N) is 1. The Morgan fingerprint density at radius 1 is 1.06 bits per heavy atom. The fourth-order valence-electron chi connectivity index (χ4n) is 2.40. The van der Waals surface area contributed by atoms with Gasteiger partial charge < -0.3 is 5.32 Å². The lowest BCUT2D eigenvalue weighted by Crippen LogP contribution is -2.27. The van der Waals surface area contributed by atoms with Crippen LogP contribution in [0.3, 0.4) is 0 Å². The van der Waals surface area contributed by atoms with Crippen LogP contribution >= 0.6 is 31.9 Å². The van der Waals surface area contributed by atoms with Crippen LogP contribution in [0.5, 0.6) is 0 Å². The van der Waals surface area contributed by atoms with Crippen molar-refractivity contribution >= 4 is 31.9 Å². The first kappa shape index (κ1) is 13.6. The Morgan fingerprint density at radius 2 is 1.76 bits per heavy atom. The highest BCUT2D eigenvalue weighted by Gasteiger charge is 2.11. The monoisotopic (exact) mass is 359 g/mol. The summed E-state index contributed by atoms with van der Waals surface area (Å²) in [6.07, 6.45) is 8.29. The van der Waals surface area contributed by atoms with E-state index in [2.05, 4.69) is 55.4 Å². The minimum absolute atomic E-state index is 0.716. The summed E-state index contributed by atoms with van der Waals surface area (Å²) in [6, 6.07) is 7.12. The SMILES string of the molecule is Brc1ccc(CNC2CCCCCC2)c(Br)c1. The van der Waals surface area contributed by atoms with E-state index in [1.165, 1.54) is 48.6 Å². The molecule has 94 valence electrons. The quantitative estimate of drug-likeness (QED) is 0.746. The zero-order valence-electron chi connectivity index (χ0n) is 10.0. The van der Waals surface area contributed by atoms with Crippen LogP contribution in [0.2, 0.25) is 0 Å². The van der Waals surface area contributed by atoms with Crippen molar-refractivity contribution in [1.82, 2.24) is 5.32 Å². The molecule has 0 radical (unpaired) electrons. The molecule has 1 fully saturated rings. The lowest BCUT2D eigenvalue weighted by Gasteiger charge is -2.16. The van der Waals surface area contributed by atoms with Gasteiger partial charge in [-0.2, -0.15) is 0 Å². The van der Waals surface area contributed by atoms with Crippen molar-refractivity contribution < 1.29 is 0 Å². The summed E-state index contributed by atoms with van der Waals surface area (Å²) in [5.74, 6) is 0. The average Bonchev–Trinajstić information content (AvgIpc) is 2.56. The van der Waals surface area contributed by atoms with E-state index in [0.717, 1.165) is 11.0 Å². The van der Waals surface area contributed by atoms with Gasteiger partial charge >= 0.3 is 0 Å². The van der Waals surface area contributed by atoms with E-state index in [9.17, 15) is 0 Å². The van der Waals surface area contributed by atoms with E-state index in [1.54, 1.807) is 0 Å². The van der Waals surface area contributed by atoms with Gasteiger partial charge in [0.15, 0.2) is 0 Å². The highest BCUT2D eigenvalue weighted by Crippen LogP contribution is 2.23. The molecule has 1 nitrogen and oxygen atoms in total.